The summed E-state index contributed by atoms with van der Waals surface area (Å²) < 4.78 is 0. The SMILES string of the molecule is [N-]=[N+]=NCCCCc1ccc(O)cc1. The topological polar surface area (TPSA) is 69.0 Å². The highest BCUT2D eigenvalue weighted by molar-refractivity contribution is 5.25. The van der Waals surface area contributed by atoms with Crippen LogP contribution in [0.25, 0.3) is 10.4 Å². The van der Waals surface area contributed by atoms with E-state index in [1.807, 2.05) is 12.1 Å². The summed E-state index contributed by atoms with van der Waals surface area (Å²) in [6, 6.07) is 7.18. The van der Waals surface area contributed by atoms with Crippen LogP contribution in [0, 0.1) is 0 Å². The minimum absolute atomic E-state index is 0.294. The van der Waals surface area contributed by atoms with E-state index in [1.54, 1.807) is 12.1 Å². The first-order chi connectivity index (χ1) is 6.83. The van der Waals surface area contributed by atoms with Gasteiger partial charge in [-0.2, -0.15) is 0 Å². The fourth-order valence-corrected chi connectivity index (χ4v) is 1.22. The van der Waals surface area contributed by atoms with Gasteiger partial charge < -0.3 is 5.11 Å². The second kappa shape index (κ2) is 5.89. The van der Waals surface area contributed by atoms with Gasteiger partial charge in [-0.3, -0.25) is 0 Å². The van der Waals surface area contributed by atoms with Crippen LogP contribution >= 0.6 is 0 Å². The Morgan fingerprint density at radius 3 is 2.57 bits per heavy atom. The van der Waals surface area contributed by atoms with E-state index >= 15 is 0 Å². The van der Waals surface area contributed by atoms with E-state index < -0.39 is 0 Å². The molecule has 1 aromatic carbocycles. The average molecular weight is 191 g/mol. The Balaban J connectivity index is 2.24. The number of unbranched alkanes of at least 4 members (excludes halogenated alkanes) is 1. The maximum absolute atomic E-state index is 9.04. The zero-order valence-corrected chi connectivity index (χ0v) is 7.93. The van der Waals surface area contributed by atoms with Gasteiger partial charge in [0.15, 0.2) is 0 Å². The quantitative estimate of drug-likeness (QED) is 0.330. The van der Waals surface area contributed by atoms with E-state index in [2.05, 4.69) is 10.0 Å². The number of hydrogen-bond donors (Lipinski definition) is 1. The van der Waals surface area contributed by atoms with Gasteiger partial charge in [-0.25, -0.2) is 0 Å². The molecule has 0 fully saturated rings. The van der Waals surface area contributed by atoms with Gasteiger partial charge in [0.1, 0.15) is 5.75 Å². The maximum Gasteiger partial charge on any atom is 0.115 e. The van der Waals surface area contributed by atoms with Gasteiger partial charge in [0.05, 0.1) is 0 Å². The fourth-order valence-electron chi connectivity index (χ4n) is 1.22. The highest BCUT2D eigenvalue weighted by Crippen LogP contribution is 2.11. The Hall–Kier alpha value is -1.67. The second-order valence-corrected chi connectivity index (χ2v) is 3.08. The molecule has 0 saturated heterocycles. The third-order valence-electron chi connectivity index (χ3n) is 1.97. The first-order valence-electron chi connectivity index (χ1n) is 4.61. The first-order valence-corrected chi connectivity index (χ1v) is 4.61. The fraction of sp³-hybridized carbons (Fsp3) is 0.400. The minimum Gasteiger partial charge on any atom is -0.508 e. The molecular weight excluding hydrogens is 178 g/mol. The van der Waals surface area contributed by atoms with Crippen LogP contribution in [-0.4, -0.2) is 11.7 Å². The zero-order valence-electron chi connectivity index (χ0n) is 7.93. The van der Waals surface area contributed by atoms with Crippen molar-refractivity contribution >= 4 is 0 Å². The van der Waals surface area contributed by atoms with Gasteiger partial charge in [-0.1, -0.05) is 17.2 Å². The minimum atomic E-state index is 0.294. The second-order valence-electron chi connectivity index (χ2n) is 3.08. The molecule has 0 atom stereocenters. The monoisotopic (exact) mass is 191 g/mol. The first kappa shape index (κ1) is 10.4. The van der Waals surface area contributed by atoms with Gasteiger partial charge in [-0.05, 0) is 42.5 Å². The van der Waals surface area contributed by atoms with Gasteiger partial charge in [-0.15, -0.1) is 0 Å². The lowest BCUT2D eigenvalue weighted by Crippen LogP contribution is -1.86. The molecule has 0 aliphatic heterocycles. The predicted molar refractivity (Wildman–Crippen MR) is 55.1 cm³/mol. The maximum atomic E-state index is 9.04. The van der Waals surface area contributed by atoms with E-state index in [9.17, 15) is 0 Å². The molecule has 0 radical (unpaired) electrons. The van der Waals surface area contributed by atoms with E-state index in [0.29, 0.717) is 12.3 Å². The standard InChI is InChI=1S/C10H13N3O/c11-13-12-8-2-1-3-9-4-6-10(14)7-5-9/h4-7,14H,1-3,8H2. The summed E-state index contributed by atoms with van der Waals surface area (Å²) in [5, 5.41) is 12.5. The number of nitrogens with zero attached hydrogens (tertiary/aromatic N) is 3. The normalized spacial score (nSPS) is 9.43. The number of hydrogen-bond acceptors (Lipinski definition) is 2. The summed E-state index contributed by atoms with van der Waals surface area (Å²) >= 11 is 0. The van der Waals surface area contributed by atoms with Gasteiger partial charge in [0, 0.05) is 11.5 Å². The molecule has 0 aliphatic rings. The largest absolute Gasteiger partial charge is 0.508 e. The van der Waals surface area contributed by atoms with Crippen LogP contribution in [0.2, 0.25) is 0 Å². The summed E-state index contributed by atoms with van der Waals surface area (Å²) in [5.74, 6) is 0.294. The summed E-state index contributed by atoms with van der Waals surface area (Å²) in [7, 11) is 0. The molecule has 4 heteroatoms. The molecule has 0 amide bonds. The lowest BCUT2D eigenvalue weighted by Gasteiger charge is -1.99. The lowest BCUT2D eigenvalue weighted by atomic mass is 10.1. The van der Waals surface area contributed by atoms with E-state index in [1.165, 1.54) is 5.56 Å². The summed E-state index contributed by atoms with van der Waals surface area (Å²) in [6.07, 6.45) is 2.87. The van der Waals surface area contributed by atoms with Crippen LogP contribution < -0.4 is 0 Å². The summed E-state index contributed by atoms with van der Waals surface area (Å²) in [4.78, 5) is 2.68. The molecule has 0 aliphatic carbocycles. The molecule has 1 aromatic rings. The number of benzene rings is 1. The highest BCUT2D eigenvalue weighted by Gasteiger charge is 1.93. The number of phenols is 1. The third-order valence-corrected chi connectivity index (χ3v) is 1.97. The van der Waals surface area contributed by atoms with Crippen molar-refractivity contribution < 1.29 is 5.11 Å². The van der Waals surface area contributed by atoms with Crippen LogP contribution in [0.3, 0.4) is 0 Å². The summed E-state index contributed by atoms with van der Waals surface area (Å²) in [5.41, 5.74) is 9.24. The van der Waals surface area contributed by atoms with Gasteiger partial charge in [0.2, 0.25) is 0 Å². The van der Waals surface area contributed by atoms with Crippen LogP contribution in [0.4, 0.5) is 0 Å². The number of rotatable bonds is 5. The molecule has 0 aromatic heterocycles. The van der Waals surface area contributed by atoms with Crippen LogP contribution in [-0.2, 0) is 6.42 Å². The van der Waals surface area contributed by atoms with Crippen LogP contribution in [0.5, 0.6) is 5.75 Å². The molecule has 0 spiro atoms. The molecule has 0 saturated carbocycles. The van der Waals surface area contributed by atoms with Crippen molar-refractivity contribution in [2.45, 2.75) is 19.3 Å². The zero-order chi connectivity index (χ0) is 10.2. The van der Waals surface area contributed by atoms with Gasteiger partial charge >= 0.3 is 0 Å². The number of aromatic hydroxyl groups is 1. The van der Waals surface area contributed by atoms with Crippen LogP contribution in [0.1, 0.15) is 18.4 Å². The van der Waals surface area contributed by atoms with Crippen molar-refractivity contribution in [3.8, 4) is 5.75 Å². The van der Waals surface area contributed by atoms with Crippen molar-refractivity contribution in [3.63, 3.8) is 0 Å². The van der Waals surface area contributed by atoms with Gasteiger partial charge in [0.25, 0.3) is 0 Å². The van der Waals surface area contributed by atoms with Crippen molar-refractivity contribution in [1.82, 2.24) is 0 Å². The number of phenolic OH excluding ortho intramolecular Hbond substituents is 1. The Kier molecular flexibility index (Phi) is 4.38. The Bertz CT molecular complexity index is 315. The van der Waals surface area contributed by atoms with Crippen molar-refractivity contribution in [3.05, 3.63) is 40.3 Å². The molecule has 74 valence electrons. The molecule has 0 unspecified atom stereocenters. The number of azide groups is 1. The Morgan fingerprint density at radius 2 is 1.93 bits per heavy atom. The van der Waals surface area contributed by atoms with Crippen molar-refractivity contribution in [1.29, 1.82) is 0 Å². The van der Waals surface area contributed by atoms with Crippen molar-refractivity contribution in [2.75, 3.05) is 6.54 Å². The lowest BCUT2D eigenvalue weighted by molar-refractivity contribution is 0.475. The Morgan fingerprint density at radius 1 is 1.21 bits per heavy atom. The molecule has 1 rings (SSSR count). The molecule has 0 heterocycles. The molecule has 14 heavy (non-hydrogen) atoms. The molecule has 4 nitrogen and oxygen atoms in total. The molecular formula is C10H13N3O. The van der Waals surface area contributed by atoms with E-state index in [4.69, 9.17) is 10.6 Å². The molecule has 1 N–H and O–H groups in total. The van der Waals surface area contributed by atoms with Crippen molar-refractivity contribution in [2.24, 2.45) is 5.11 Å². The summed E-state index contributed by atoms with van der Waals surface area (Å²) in [6.45, 7) is 0.564. The van der Waals surface area contributed by atoms with E-state index in [-0.39, 0.29) is 0 Å². The third kappa shape index (κ3) is 3.83. The van der Waals surface area contributed by atoms with Crippen LogP contribution in [0.15, 0.2) is 29.4 Å². The smallest absolute Gasteiger partial charge is 0.115 e. The number of aryl methyl sites for hydroxylation is 1. The molecule has 0 bridgehead atoms. The highest BCUT2D eigenvalue weighted by atomic mass is 16.3. The predicted octanol–water partition coefficient (Wildman–Crippen LogP) is 3.03. The van der Waals surface area contributed by atoms with E-state index in [0.717, 1.165) is 19.3 Å². The Labute approximate surface area is 82.8 Å². The average Bonchev–Trinajstić information content (AvgIpc) is 2.21.